The molecule has 3 aliphatic rings. The highest BCUT2D eigenvalue weighted by Crippen LogP contribution is 2.39. The fourth-order valence-electron chi connectivity index (χ4n) is 5.95. The molecule has 274 valence electrons. The lowest BCUT2D eigenvalue weighted by atomic mass is 9.98. The molecule has 13 atom stereocenters. The van der Waals surface area contributed by atoms with E-state index >= 15 is 0 Å². The number of rotatable bonds is 8. The Hall–Kier alpha value is -3.63. The lowest BCUT2D eigenvalue weighted by Gasteiger charge is -2.42. The minimum absolute atomic E-state index is 0.122. The summed E-state index contributed by atoms with van der Waals surface area (Å²) in [4.78, 5) is 14.0. The van der Waals surface area contributed by atoms with E-state index in [9.17, 15) is 55.9 Å². The maximum Gasteiger partial charge on any atom is 0.239 e. The van der Waals surface area contributed by atoms with Gasteiger partial charge in [-0.2, -0.15) is 0 Å². The van der Waals surface area contributed by atoms with Gasteiger partial charge >= 0.3 is 0 Å². The molecule has 2 aromatic carbocycles. The highest BCUT2D eigenvalue weighted by molar-refractivity contribution is 5.88. The van der Waals surface area contributed by atoms with Crippen LogP contribution in [-0.2, 0) is 18.9 Å². The zero-order valence-corrected chi connectivity index (χ0v) is 26.5. The first kappa shape index (κ1) is 36.2. The van der Waals surface area contributed by atoms with E-state index in [1.165, 1.54) is 44.2 Å². The Balaban J connectivity index is 1.31. The number of aromatic hydroxyl groups is 2. The van der Waals surface area contributed by atoms with Crippen LogP contribution in [0.4, 0.5) is 0 Å². The first-order valence-corrected chi connectivity index (χ1v) is 15.6. The van der Waals surface area contributed by atoms with Crippen LogP contribution in [-0.4, -0.2) is 144 Å². The third-order valence-corrected chi connectivity index (χ3v) is 8.98. The molecule has 1 aromatic heterocycles. The quantitative estimate of drug-likeness (QED) is 0.118. The van der Waals surface area contributed by atoms with Gasteiger partial charge in [0, 0.05) is 17.7 Å². The summed E-state index contributed by atoms with van der Waals surface area (Å²) >= 11 is 0. The van der Waals surface area contributed by atoms with E-state index in [2.05, 4.69) is 0 Å². The lowest BCUT2D eigenvalue weighted by molar-refractivity contribution is -0.306. The number of aliphatic hydroxyl groups is 8. The van der Waals surface area contributed by atoms with Gasteiger partial charge in [-0.05, 0) is 38.1 Å². The summed E-state index contributed by atoms with van der Waals surface area (Å²) in [6.07, 6.45) is -18.1. The Morgan fingerprint density at radius 1 is 0.820 bits per heavy atom. The van der Waals surface area contributed by atoms with Gasteiger partial charge in [0.1, 0.15) is 76.5 Å². The van der Waals surface area contributed by atoms with Gasteiger partial charge in [0.15, 0.2) is 12.1 Å². The Labute approximate surface area is 282 Å². The maximum absolute atomic E-state index is 14.0. The standard InChI is InChI=1S/C32H38O18/c1-11-19(36)21(38)23(40)29(45-11)47-15-7-16(35)18-17(8-15)48-26(13-3-5-14(34)6-4-13)27(20(18)37)50-30-24(41)22(39)25(12(2)46-30)49-31-28(42)32(43,9-33)10-44-31/h3-8,11-12,19,21-25,28-31,33-36,38-43H,9-10H2,1-2H3/t11-,12-,19-,21+,22+,23+,24-,25-,28+,29+,30-,31+,32-/m0/s1. The zero-order chi connectivity index (χ0) is 36.2. The first-order valence-electron chi connectivity index (χ1n) is 15.6. The van der Waals surface area contributed by atoms with Crippen molar-refractivity contribution in [2.45, 2.75) is 93.3 Å². The topological polar surface area (TPSA) is 288 Å². The normalized spacial score (nSPS) is 37.6. The van der Waals surface area contributed by atoms with Crippen LogP contribution in [0.25, 0.3) is 22.3 Å². The van der Waals surface area contributed by atoms with Crippen LogP contribution in [0, 0.1) is 0 Å². The van der Waals surface area contributed by atoms with Crippen LogP contribution in [0.3, 0.4) is 0 Å². The molecular weight excluding hydrogens is 672 g/mol. The fraction of sp³-hybridized carbons (Fsp3) is 0.531. The number of fused-ring (bicyclic) bond motifs is 1. The SMILES string of the molecule is C[C@@H]1O[C@H](Oc2cc(O)c3c(=O)c(O[C@@H]4O[C@@H](C)[C@H](O[C@H]5OC[C@@](O)(CO)[C@@H]5O)[C@H](O)[C@@H]4O)c(-c4ccc(O)cc4)oc3c2)[C@H](O)[C@H](O)[C@H]1O. The largest absolute Gasteiger partial charge is 0.508 e. The molecule has 10 N–H and O–H groups in total. The second-order valence-corrected chi connectivity index (χ2v) is 12.5. The highest BCUT2D eigenvalue weighted by atomic mass is 16.7. The van der Waals surface area contributed by atoms with Gasteiger partial charge in [-0.1, -0.05) is 0 Å². The molecule has 18 heteroatoms. The molecule has 0 radical (unpaired) electrons. The third-order valence-electron chi connectivity index (χ3n) is 8.98. The van der Waals surface area contributed by atoms with E-state index in [-0.39, 0.29) is 28.4 Å². The number of hydrogen-bond donors (Lipinski definition) is 10. The minimum Gasteiger partial charge on any atom is -0.508 e. The molecule has 0 spiro atoms. The number of hydrogen-bond acceptors (Lipinski definition) is 18. The number of phenols is 2. The molecule has 3 aromatic rings. The maximum atomic E-state index is 14.0. The molecule has 3 fully saturated rings. The number of phenolic OH excluding ortho intramolecular Hbond substituents is 2. The average molecular weight is 711 g/mol. The van der Waals surface area contributed by atoms with E-state index in [0.29, 0.717) is 0 Å². The molecular formula is C32H38O18. The lowest BCUT2D eigenvalue weighted by Crippen LogP contribution is -2.60. The summed E-state index contributed by atoms with van der Waals surface area (Å²) in [5.41, 5.74) is -3.03. The van der Waals surface area contributed by atoms with Crippen LogP contribution in [0.2, 0.25) is 0 Å². The molecule has 50 heavy (non-hydrogen) atoms. The number of benzene rings is 2. The average Bonchev–Trinajstić information content (AvgIpc) is 3.37. The van der Waals surface area contributed by atoms with Crippen LogP contribution in [0.1, 0.15) is 13.8 Å². The van der Waals surface area contributed by atoms with Gasteiger partial charge in [-0.3, -0.25) is 4.79 Å². The number of ether oxygens (including phenoxy) is 6. The van der Waals surface area contributed by atoms with Crippen molar-refractivity contribution < 1.29 is 83.9 Å². The number of aliphatic hydroxyl groups excluding tert-OH is 7. The Bertz CT molecular complexity index is 1730. The van der Waals surface area contributed by atoms with Crippen LogP contribution < -0.4 is 14.9 Å². The van der Waals surface area contributed by atoms with Crippen LogP contribution in [0.15, 0.2) is 45.6 Å². The fourth-order valence-corrected chi connectivity index (χ4v) is 5.95. The van der Waals surface area contributed by atoms with Crippen LogP contribution >= 0.6 is 0 Å². The van der Waals surface area contributed by atoms with E-state index in [1.807, 2.05) is 0 Å². The molecule has 18 nitrogen and oxygen atoms in total. The molecule has 3 saturated heterocycles. The first-order chi connectivity index (χ1) is 23.6. The second-order valence-electron chi connectivity index (χ2n) is 12.5. The highest BCUT2D eigenvalue weighted by Gasteiger charge is 2.53. The van der Waals surface area contributed by atoms with E-state index < -0.39 is 115 Å². The monoisotopic (exact) mass is 710 g/mol. The summed E-state index contributed by atoms with van der Waals surface area (Å²) < 4.78 is 39.6. The molecule has 3 aliphatic heterocycles. The molecule has 4 heterocycles. The smallest absolute Gasteiger partial charge is 0.239 e. The van der Waals surface area contributed by atoms with Crippen molar-refractivity contribution in [3.63, 3.8) is 0 Å². The summed E-state index contributed by atoms with van der Waals surface area (Å²) in [5, 5.41) is 103. The second kappa shape index (κ2) is 13.8. The summed E-state index contributed by atoms with van der Waals surface area (Å²) in [6.45, 7) is 1.58. The molecule has 0 amide bonds. The van der Waals surface area contributed by atoms with Crippen LogP contribution in [0.5, 0.6) is 23.0 Å². The molecule has 6 rings (SSSR count). The van der Waals surface area contributed by atoms with E-state index in [4.69, 9.17) is 32.8 Å². The molecule has 0 bridgehead atoms. The predicted octanol–water partition coefficient (Wildman–Crippen LogP) is -2.25. The predicted molar refractivity (Wildman–Crippen MR) is 164 cm³/mol. The minimum atomic E-state index is -2.01. The van der Waals surface area contributed by atoms with Gasteiger partial charge in [-0.25, -0.2) is 0 Å². The van der Waals surface area contributed by atoms with Gasteiger partial charge in [0.25, 0.3) is 0 Å². The van der Waals surface area contributed by atoms with E-state index in [1.54, 1.807) is 0 Å². The van der Waals surface area contributed by atoms with Crippen molar-refractivity contribution in [3.05, 3.63) is 46.6 Å². The zero-order valence-electron chi connectivity index (χ0n) is 26.5. The third kappa shape index (κ3) is 6.49. The van der Waals surface area contributed by atoms with Crippen molar-refractivity contribution in [2.75, 3.05) is 13.2 Å². The van der Waals surface area contributed by atoms with Crippen molar-refractivity contribution in [1.29, 1.82) is 0 Å². The van der Waals surface area contributed by atoms with Gasteiger partial charge in [0.2, 0.25) is 23.8 Å². The Kier molecular flexibility index (Phi) is 10.0. The molecule has 0 saturated carbocycles. The summed E-state index contributed by atoms with van der Waals surface area (Å²) in [5.74, 6) is -1.79. The van der Waals surface area contributed by atoms with Gasteiger partial charge < -0.3 is 83.9 Å². The Morgan fingerprint density at radius 3 is 2.12 bits per heavy atom. The summed E-state index contributed by atoms with van der Waals surface area (Å²) in [6, 6.07) is 7.55. The molecule has 0 unspecified atom stereocenters. The van der Waals surface area contributed by atoms with Crippen molar-refractivity contribution in [3.8, 4) is 34.3 Å². The van der Waals surface area contributed by atoms with Gasteiger partial charge in [-0.15, -0.1) is 0 Å². The van der Waals surface area contributed by atoms with Crippen molar-refractivity contribution >= 4 is 11.0 Å². The van der Waals surface area contributed by atoms with E-state index in [0.717, 1.165) is 6.07 Å². The van der Waals surface area contributed by atoms with Gasteiger partial charge in [0.05, 0.1) is 25.4 Å². The van der Waals surface area contributed by atoms with Crippen molar-refractivity contribution in [1.82, 2.24) is 0 Å². The Morgan fingerprint density at radius 2 is 1.46 bits per heavy atom. The molecule has 0 aliphatic carbocycles. The van der Waals surface area contributed by atoms with Crippen molar-refractivity contribution in [2.24, 2.45) is 0 Å². The summed E-state index contributed by atoms with van der Waals surface area (Å²) in [7, 11) is 0.